The summed E-state index contributed by atoms with van der Waals surface area (Å²) in [5, 5.41) is 2.07. The molecule has 4 heteroatoms. The van der Waals surface area contributed by atoms with Crippen molar-refractivity contribution in [2.24, 2.45) is 0 Å². The van der Waals surface area contributed by atoms with E-state index in [1.54, 1.807) is 11.3 Å². The summed E-state index contributed by atoms with van der Waals surface area (Å²) in [4.78, 5) is 1.33. The fraction of sp³-hybridized carbons (Fsp3) is 0.167. The monoisotopic (exact) mass is 297 g/mol. The summed E-state index contributed by atoms with van der Waals surface area (Å²) >= 11 is 5.14. The second kappa shape index (κ2) is 5.37. The second-order valence-electron chi connectivity index (χ2n) is 3.36. The van der Waals surface area contributed by atoms with Crippen molar-refractivity contribution in [2.75, 3.05) is 12.3 Å². The Bertz CT molecular complexity index is 456. The molecule has 0 aliphatic rings. The van der Waals surface area contributed by atoms with E-state index >= 15 is 0 Å². The molecule has 2 rings (SSSR count). The van der Waals surface area contributed by atoms with Crippen LogP contribution in [0.2, 0.25) is 0 Å². The third-order valence-corrected chi connectivity index (χ3v) is 3.59. The highest BCUT2D eigenvalue weighted by atomic mass is 79.9. The highest BCUT2D eigenvalue weighted by Crippen LogP contribution is 2.25. The van der Waals surface area contributed by atoms with E-state index in [4.69, 9.17) is 10.5 Å². The number of anilines is 1. The van der Waals surface area contributed by atoms with Crippen LogP contribution in [0.3, 0.4) is 0 Å². The molecule has 2 N–H and O–H groups in total. The van der Waals surface area contributed by atoms with Gasteiger partial charge < -0.3 is 10.5 Å². The first-order valence-corrected chi connectivity index (χ1v) is 6.63. The molecule has 0 fully saturated rings. The Morgan fingerprint density at radius 2 is 2.19 bits per heavy atom. The lowest BCUT2D eigenvalue weighted by Gasteiger charge is -2.08. The largest absolute Gasteiger partial charge is 0.491 e. The fourth-order valence-corrected chi connectivity index (χ4v) is 2.38. The van der Waals surface area contributed by atoms with Gasteiger partial charge in [0, 0.05) is 15.8 Å². The van der Waals surface area contributed by atoms with Gasteiger partial charge in [0.25, 0.3) is 0 Å². The molecule has 0 bridgehead atoms. The molecule has 84 valence electrons. The minimum Gasteiger partial charge on any atom is -0.491 e. The minimum absolute atomic E-state index is 0.654. The minimum atomic E-state index is 0.654. The van der Waals surface area contributed by atoms with Gasteiger partial charge in [-0.3, -0.25) is 0 Å². The maximum absolute atomic E-state index is 5.81. The zero-order chi connectivity index (χ0) is 11.4. The van der Waals surface area contributed by atoms with Gasteiger partial charge in [-0.05, 0) is 29.6 Å². The van der Waals surface area contributed by atoms with Crippen LogP contribution in [0.4, 0.5) is 5.69 Å². The Balaban J connectivity index is 1.92. The van der Waals surface area contributed by atoms with E-state index < -0.39 is 0 Å². The van der Waals surface area contributed by atoms with Gasteiger partial charge >= 0.3 is 0 Å². The molecule has 1 aromatic heterocycles. The normalized spacial score (nSPS) is 10.3. The van der Waals surface area contributed by atoms with Crippen molar-refractivity contribution >= 4 is 33.0 Å². The van der Waals surface area contributed by atoms with Gasteiger partial charge in [-0.1, -0.05) is 22.0 Å². The standard InChI is InChI=1S/C12H12BrNOS/c13-9-3-4-11(14)12(8-9)15-6-5-10-2-1-7-16-10/h1-4,7-8H,5-6,14H2. The lowest BCUT2D eigenvalue weighted by Crippen LogP contribution is -2.02. The summed E-state index contributed by atoms with van der Waals surface area (Å²) < 4.78 is 6.62. The average molecular weight is 298 g/mol. The van der Waals surface area contributed by atoms with Crippen molar-refractivity contribution in [1.82, 2.24) is 0 Å². The molecule has 1 aromatic carbocycles. The van der Waals surface area contributed by atoms with Crippen molar-refractivity contribution in [2.45, 2.75) is 6.42 Å². The van der Waals surface area contributed by atoms with E-state index in [1.165, 1.54) is 4.88 Å². The summed E-state index contributed by atoms with van der Waals surface area (Å²) in [6.45, 7) is 0.654. The van der Waals surface area contributed by atoms with Crippen molar-refractivity contribution in [3.8, 4) is 5.75 Å². The van der Waals surface area contributed by atoms with Gasteiger partial charge in [0.05, 0.1) is 12.3 Å². The fourth-order valence-electron chi connectivity index (χ4n) is 1.35. The first kappa shape index (κ1) is 11.5. The maximum atomic E-state index is 5.81. The highest BCUT2D eigenvalue weighted by molar-refractivity contribution is 9.10. The Morgan fingerprint density at radius 1 is 1.31 bits per heavy atom. The number of ether oxygens (including phenoxy) is 1. The Morgan fingerprint density at radius 3 is 2.94 bits per heavy atom. The van der Waals surface area contributed by atoms with Crippen LogP contribution in [0.1, 0.15) is 4.88 Å². The molecule has 16 heavy (non-hydrogen) atoms. The van der Waals surface area contributed by atoms with E-state index in [2.05, 4.69) is 27.4 Å². The number of hydrogen-bond donors (Lipinski definition) is 1. The molecular formula is C12H12BrNOS. The van der Waals surface area contributed by atoms with Gasteiger partial charge in [0.15, 0.2) is 0 Å². The Labute approximate surface area is 107 Å². The first-order valence-electron chi connectivity index (χ1n) is 4.96. The molecular weight excluding hydrogens is 286 g/mol. The summed E-state index contributed by atoms with van der Waals surface area (Å²) in [6.07, 6.45) is 0.920. The van der Waals surface area contributed by atoms with Gasteiger partial charge in [0.1, 0.15) is 5.75 Å². The average Bonchev–Trinajstić information content (AvgIpc) is 2.76. The number of thiophene rings is 1. The lowest BCUT2D eigenvalue weighted by molar-refractivity contribution is 0.324. The maximum Gasteiger partial charge on any atom is 0.143 e. The number of benzene rings is 1. The molecule has 0 saturated heterocycles. The molecule has 2 nitrogen and oxygen atoms in total. The molecule has 0 amide bonds. The van der Waals surface area contributed by atoms with Crippen LogP contribution in [0, 0.1) is 0 Å². The summed E-state index contributed by atoms with van der Waals surface area (Å²) in [5.41, 5.74) is 6.48. The van der Waals surface area contributed by atoms with Crippen molar-refractivity contribution in [3.63, 3.8) is 0 Å². The summed E-state index contributed by atoms with van der Waals surface area (Å²) in [5.74, 6) is 0.742. The topological polar surface area (TPSA) is 35.2 Å². The quantitative estimate of drug-likeness (QED) is 0.873. The smallest absolute Gasteiger partial charge is 0.143 e. The van der Waals surface area contributed by atoms with Crippen LogP contribution in [0.15, 0.2) is 40.2 Å². The van der Waals surface area contributed by atoms with Gasteiger partial charge in [-0.25, -0.2) is 0 Å². The number of hydrogen-bond acceptors (Lipinski definition) is 3. The predicted octanol–water partition coefficient (Wildman–Crippen LogP) is 3.71. The van der Waals surface area contributed by atoms with Crippen LogP contribution in [-0.2, 0) is 6.42 Å². The summed E-state index contributed by atoms with van der Waals surface area (Å²) in [6, 6.07) is 9.79. The van der Waals surface area contributed by atoms with Crippen LogP contribution < -0.4 is 10.5 Å². The van der Waals surface area contributed by atoms with Gasteiger partial charge in [0.2, 0.25) is 0 Å². The zero-order valence-corrected chi connectivity index (χ0v) is 11.1. The molecule has 0 atom stereocenters. The van der Waals surface area contributed by atoms with Gasteiger partial charge in [-0.15, -0.1) is 11.3 Å². The third-order valence-electron chi connectivity index (χ3n) is 2.16. The summed E-state index contributed by atoms with van der Waals surface area (Å²) in [7, 11) is 0. The van der Waals surface area contributed by atoms with Crippen molar-refractivity contribution in [1.29, 1.82) is 0 Å². The Kier molecular flexibility index (Phi) is 3.85. The molecule has 0 aliphatic heterocycles. The molecule has 0 saturated carbocycles. The first-order chi connectivity index (χ1) is 7.75. The van der Waals surface area contributed by atoms with E-state index in [0.717, 1.165) is 16.6 Å². The van der Waals surface area contributed by atoms with Crippen LogP contribution in [-0.4, -0.2) is 6.61 Å². The number of halogens is 1. The predicted molar refractivity (Wildman–Crippen MR) is 72.1 cm³/mol. The SMILES string of the molecule is Nc1ccc(Br)cc1OCCc1cccs1. The van der Waals surface area contributed by atoms with E-state index in [0.29, 0.717) is 12.3 Å². The molecule has 2 aromatic rings. The third kappa shape index (κ3) is 3.00. The van der Waals surface area contributed by atoms with E-state index in [-0.39, 0.29) is 0 Å². The molecule has 0 aliphatic carbocycles. The second-order valence-corrected chi connectivity index (χ2v) is 5.31. The number of nitrogens with two attached hydrogens (primary N) is 1. The Hall–Kier alpha value is -1.00. The molecule has 0 radical (unpaired) electrons. The highest BCUT2D eigenvalue weighted by Gasteiger charge is 2.01. The molecule has 0 unspecified atom stereocenters. The van der Waals surface area contributed by atoms with Crippen molar-refractivity contribution in [3.05, 3.63) is 45.1 Å². The number of rotatable bonds is 4. The van der Waals surface area contributed by atoms with Crippen LogP contribution >= 0.6 is 27.3 Å². The zero-order valence-electron chi connectivity index (χ0n) is 8.65. The van der Waals surface area contributed by atoms with E-state index in [1.807, 2.05) is 24.3 Å². The van der Waals surface area contributed by atoms with Gasteiger partial charge in [-0.2, -0.15) is 0 Å². The lowest BCUT2D eigenvalue weighted by atomic mass is 10.3. The molecule has 0 spiro atoms. The van der Waals surface area contributed by atoms with Crippen LogP contribution in [0.5, 0.6) is 5.75 Å². The van der Waals surface area contributed by atoms with Crippen LogP contribution in [0.25, 0.3) is 0 Å². The number of nitrogen functional groups attached to an aromatic ring is 1. The molecule has 1 heterocycles. The van der Waals surface area contributed by atoms with Crippen molar-refractivity contribution < 1.29 is 4.74 Å². The van der Waals surface area contributed by atoms with E-state index in [9.17, 15) is 0 Å².